The lowest BCUT2D eigenvalue weighted by molar-refractivity contribution is 0.379. The average molecular weight is 322 g/mol. The van der Waals surface area contributed by atoms with Gasteiger partial charge in [-0.2, -0.15) is 10.2 Å². The van der Waals surface area contributed by atoms with Crippen LogP contribution >= 0.6 is 22.9 Å². The van der Waals surface area contributed by atoms with Gasteiger partial charge in [0.25, 0.3) is 0 Å². The number of nitriles is 1. The Morgan fingerprint density at radius 2 is 2.38 bits per heavy atom. The van der Waals surface area contributed by atoms with Gasteiger partial charge in [0.1, 0.15) is 16.1 Å². The maximum Gasteiger partial charge on any atom is 0.318 e. The van der Waals surface area contributed by atoms with Crippen molar-refractivity contribution in [1.82, 2.24) is 9.97 Å². The number of hydrogen-bond acceptors (Lipinski definition) is 7. The SMILES string of the molecule is COc1ncc(Cl)c(N2CCc3c(sc(N)c3C#N)C2)n1. The summed E-state index contributed by atoms with van der Waals surface area (Å²) in [5.41, 5.74) is 7.56. The topological polar surface area (TPSA) is 88.1 Å². The molecule has 0 bridgehead atoms. The predicted octanol–water partition coefficient (Wildman–Crippen LogP) is 2.22. The second-order valence-corrected chi connectivity index (χ2v) is 6.10. The molecule has 1 aliphatic rings. The van der Waals surface area contributed by atoms with Crippen molar-refractivity contribution < 1.29 is 4.74 Å². The molecular weight excluding hydrogens is 310 g/mol. The van der Waals surface area contributed by atoms with Crippen LogP contribution in [0.25, 0.3) is 0 Å². The molecule has 0 unspecified atom stereocenters. The maximum absolute atomic E-state index is 9.16. The van der Waals surface area contributed by atoms with Gasteiger partial charge in [0.15, 0.2) is 5.82 Å². The normalized spacial score (nSPS) is 13.7. The van der Waals surface area contributed by atoms with Crippen molar-refractivity contribution in [2.24, 2.45) is 0 Å². The zero-order valence-corrected chi connectivity index (χ0v) is 12.8. The van der Waals surface area contributed by atoms with E-state index in [1.807, 2.05) is 4.90 Å². The standard InChI is InChI=1S/C13H12ClN5OS/c1-20-13-17-5-9(14)12(18-13)19-3-2-7-8(4-15)11(16)21-10(7)6-19/h5H,2-3,6,16H2,1H3. The summed E-state index contributed by atoms with van der Waals surface area (Å²) in [5.74, 6) is 0.639. The number of anilines is 2. The van der Waals surface area contributed by atoms with E-state index in [9.17, 15) is 0 Å². The highest BCUT2D eigenvalue weighted by molar-refractivity contribution is 7.16. The quantitative estimate of drug-likeness (QED) is 0.912. The summed E-state index contributed by atoms with van der Waals surface area (Å²) in [5, 5.41) is 10.2. The van der Waals surface area contributed by atoms with E-state index in [0.717, 1.165) is 23.4 Å². The van der Waals surface area contributed by atoms with E-state index >= 15 is 0 Å². The van der Waals surface area contributed by atoms with Gasteiger partial charge in [0.05, 0.1) is 25.4 Å². The first-order valence-corrected chi connectivity index (χ1v) is 7.45. The van der Waals surface area contributed by atoms with Gasteiger partial charge in [0.2, 0.25) is 0 Å². The number of halogens is 1. The van der Waals surface area contributed by atoms with Crippen molar-refractivity contribution in [3.63, 3.8) is 0 Å². The van der Waals surface area contributed by atoms with Crippen LogP contribution in [0.1, 0.15) is 16.0 Å². The van der Waals surface area contributed by atoms with E-state index < -0.39 is 0 Å². The Morgan fingerprint density at radius 3 is 3.10 bits per heavy atom. The number of nitrogen functional groups attached to an aromatic ring is 1. The van der Waals surface area contributed by atoms with Crippen LogP contribution in [0.2, 0.25) is 5.02 Å². The minimum absolute atomic E-state index is 0.281. The molecule has 0 amide bonds. The minimum Gasteiger partial charge on any atom is -0.467 e. The van der Waals surface area contributed by atoms with Gasteiger partial charge >= 0.3 is 6.01 Å². The zero-order chi connectivity index (χ0) is 15.0. The van der Waals surface area contributed by atoms with Crippen LogP contribution in [0, 0.1) is 11.3 Å². The highest BCUT2D eigenvalue weighted by atomic mass is 35.5. The molecule has 0 spiro atoms. The molecule has 0 atom stereocenters. The van der Waals surface area contributed by atoms with Crippen LogP contribution in [0.3, 0.4) is 0 Å². The van der Waals surface area contributed by atoms with Gasteiger partial charge in [0, 0.05) is 11.4 Å². The number of nitrogens with zero attached hydrogens (tertiary/aromatic N) is 4. The summed E-state index contributed by atoms with van der Waals surface area (Å²) in [6.07, 6.45) is 2.27. The van der Waals surface area contributed by atoms with E-state index in [-0.39, 0.29) is 6.01 Å². The molecule has 1 aliphatic heterocycles. The lowest BCUT2D eigenvalue weighted by Gasteiger charge is -2.28. The van der Waals surface area contributed by atoms with Gasteiger partial charge < -0.3 is 15.4 Å². The van der Waals surface area contributed by atoms with Gasteiger partial charge in [-0.25, -0.2) is 4.98 Å². The Kier molecular flexibility index (Phi) is 3.57. The van der Waals surface area contributed by atoms with Crippen LogP contribution in [0.5, 0.6) is 6.01 Å². The first-order chi connectivity index (χ1) is 10.1. The first-order valence-electron chi connectivity index (χ1n) is 6.25. The third kappa shape index (κ3) is 2.37. The largest absolute Gasteiger partial charge is 0.467 e. The smallest absolute Gasteiger partial charge is 0.318 e. The molecule has 21 heavy (non-hydrogen) atoms. The third-order valence-electron chi connectivity index (χ3n) is 3.38. The fraction of sp³-hybridized carbons (Fsp3) is 0.308. The number of rotatable bonds is 2. The summed E-state index contributed by atoms with van der Waals surface area (Å²) >= 11 is 7.63. The lowest BCUT2D eigenvalue weighted by Crippen LogP contribution is -2.30. The molecule has 0 fully saturated rings. The molecule has 2 aromatic rings. The third-order valence-corrected chi connectivity index (χ3v) is 4.69. The fourth-order valence-electron chi connectivity index (χ4n) is 2.39. The summed E-state index contributed by atoms with van der Waals surface area (Å²) in [4.78, 5) is 11.4. The molecule has 2 N–H and O–H groups in total. The molecule has 0 saturated carbocycles. The second-order valence-electron chi connectivity index (χ2n) is 4.55. The first kappa shape index (κ1) is 13.9. The number of methoxy groups -OCH3 is 1. The predicted molar refractivity (Wildman–Crippen MR) is 81.8 cm³/mol. The van der Waals surface area contributed by atoms with E-state index in [1.54, 1.807) is 0 Å². The van der Waals surface area contributed by atoms with Gasteiger partial charge in [-0.15, -0.1) is 11.3 Å². The van der Waals surface area contributed by atoms with Crippen molar-refractivity contribution in [3.05, 3.63) is 27.2 Å². The Bertz CT molecular complexity index is 739. The van der Waals surface area contributed by atoms with E-state index in [2.05, 4.69) is 16.0 Å². The van der Waals surface area contributed by atoms with Gasteiger partial charge in [-0.3, -0.25) is 0 Å². The molecule has 0 radical (unpaired) electrons. The van der Waals surface area contributed by atoms with Crippen LogP contribution in [0.4, 0.5) is 10.8 Å². The molecule has 3 heterocycles. The van der Waals surface area contributed by atoms with Crippen molar-refractivity contribution in [3.8, 4) is 12.1 Å². The van der Waals surface area contributed by atoms with Gasteiger partial charge in [-0.1, -0.05) is 11.6 Å². The van der Waals surface area contributed by atoms with E-state index in [0.29, 0.717) is 27.9 Å². The Balaban J connectivity index is 1.95. The highest BCUT2D eigenvalue weighted by Gasteiger charge is 2.25. The number of hydrogen-bond donors (Lipinski definition) is 1. The monoisotopic (exact) mass is 321 g/mol. The molecule has 6 nitrogen and oxygen atoms in total. The van der Waals surface area contributed by atoms with Crippen molar-refractivity contribution in [1.29, 1.82) is 5.26 Å². The van der Waals surface area contributed by atoms with Crippen LogP contribution in [-0.2, 0) is 13.0 Å². The lowest BCUT2D eigenvalue weighted by atomic mass is 10.0. The van der Waals surface area contributed by atoms with Crippen LogP contribution < -0.4 is 15.4 Å². The maximum atomic E-state index is 9.16. The number of fused-ring (bicyclic) bond motifs is 1. The molecule has 0 saturated heterocycles. The molecule has 3 rings (SSSR count). The van der Waals surface area contributed by atoms with E-state index in [1.165, 1.54) is 24.6 Å². The molecular formula is C13H12ClN5OS. The molecule has 2 aromatic heterocycles. The summed E-state index contributed by atoms with van der Waals surface area (Å²) in [6.45, 7) is 1.35. The number of nitrogens with two attached hydrogens (primary N) is 1. The number of aromatic nitrogens is 2. The van der Waals surface area contributed by atoms with Crippen molar-refractivity contribution in [2.75, 3.05) is 24.3 Å². The summed E-state index contributed by atoms with van der Waals surface area (Å²) in [7, 11) is 1.51. The highest BCUT2D eigenvalue weighted by Crippen LogP contribution is 2.37. The average Bonchev–Trinajstić information content (AvgIpc) is 2.81. The number of ether oxygens (including phenoxy) is 1. The molecule has 108 valence electrons. The van der Waals surface area contributed by atoms with E-state index in [4.69, 9.17) is 27.3 Å². The Labute approximate surface area is 130 Å². The minimum atomic E-state index is 0.281. The number of thiophene rings is 1. The zero-order valence-electron chi connectivity index (χ0n) is 11.3. The van der Waals surface area contributed by atoms with Gasteiger partial charge in [-0.05, 0) is 12.0 Å². The van der Waals surface area contributed by atoms with Crippen LogP contribution in [0.15, 0.2) is 6.20 Å². The molecule has 8 heteroatoms. The Morgan fingerprint density at radius 1 is 1.57 bits per heavy atom. The summed E-state index contributed by atoms with van der Waals surface area (Å²) < 4.78 is 5.04. The van der Waals surface area contributed by atoms with Crippen molar-refractivity contribution >= 4 is 33.8 Å². The Hall–Kier alpha value is -2.04. The second kappa shape index (κ2) is 5.39. The molecule has 0 aliphatic carbocycles. The summed E-state index contributed by atoms with van der Waals surface area (Å²) in [6, 6.07) is 2.46. The van der Waals surface area contributed by atoms with Crippen molar-refractivity contribution in [2.45, 2.75) is 13.0 Å². The fourth-order valence-corrected chi connectivity index (χ4v) is 3.69. The molecule has 0 aromatic carbocycles. The van der Waals surface area contributed by atoms with Crippen LogP contribution in [-0.4, -0.2) is 23.6 Å².